The molecule has 2 aromatic rings. The quantitative estimate of drug-likeness (QED) is 0.938. The zero-order valence-electron chi connectivity index (χ0n) is 12.6. The van der Waals surface area contributed by atoms with E-state index in [1.54, 1.807) is 0 Å². The number of benzene rings is 1. The van der Waals surface area contributed by atoms with Crippen LogP contribution in [0.1, 0.15) is 25.3 Å². The summed E-state index contributed by atoms with van der Waals surface area (Å²) >= 11 is 0. The molecule has 0 amide bonds. The lowest BCUT2D eigenvalue weighted by atomic mass is 10.0. The van der Waals surface area contributed by atoms with Crippen molar-refractivity contribution in [1.82, 2.24) is 4.98 Å². The van der Waals surface area contributed by atoms with Gasteiger partial charge in [-0.1, -0.05) is 18.2 Å². The third kappa shape index (κ3) is 2.87. The summed E-state index contributed by atoms with van der Waals surface area (Å²) in [5.74, 6) is 0. The smallest absolute Gasteiger partial charge is 0.0723 e. The van der Waals surface area contributed by atoms with E-state index in [9.17, 15) is 0 Å². The third-order valence-corrected chi connectivity index (χ3v) is 4.20. The Balaban J connectivity index is 1.92. The van der Waals surface area contributed by atoms with Crippen LogP contribution in [0.15, 0.2) is 30.5 Å². The lowest BCUT2D eigenvalue weighted by molar-refractivity contribution is 0.0459. The summed E-state index contributed by atoms with van der Waals surface area (Å²) in [6, 6.07) is 8.31. The first kappa shape index (κ1) is 14.3. The number of piperidine rings is 1. The predicted molar refractivity (Wildman–Crippen MR) is 86.5 cm³/mol. The molecule has 0 spiro atoms. The van der Waals surface area contributed by atoms with Crippen molar-refractivity contribution in [3.63, 3.8) is 0 Å². The SMILES string of the molecule is CCOC1CCN(c2c(CN)cnc3ccccc23)CC1. The molecule has 1 aliphatic heterocycles. The van der Waals surface area contributed by atoms with Gasteiger partial charge in [0.2, 0.25) is 0 Å². The Morgan fingerprint density at radius 3 is 2.76 bits per heavy atom. The van der Waals surface area contributed by atoms with Gasteiger partial charge in [-0.05, 0) is 25.8 Å². The first-order chi connectivity index (χ1) is 10.3. The second-order valence-electron chi connectivity index (χ2n) is 5.50. The van der Waals surface area contributed by atoms with Gasteiger partial charge in [-0.3, -0.25) is 4.98 Å². The minimum atomic E-state index is 0.403. The first-order valence-electron chi connectivity index (χ1n) is 7.76. The van der Waals surface area contributed by atoms with Crippen molar-refractivity contribution >= 4 is 16.6 Å². The van der Waals surface area contributed by atoms with Crippen LogP contribution in [0.4, 0.5) is 5.69 Å². The van der Waals surface area contributed by atoms with E-state index >= 15 is 0 Å². The number of pyridine rings is 1. The van der Waals surface area contributed by atoms with Crippen molar-refractivity contribution in [3.8, 4) is 0 Å². The van der Waals surface area contributed by atoms with Crippen LogP contribution >= 0.6 is 0 Å². The number of ether oxygens (including phenoxy) is 1. The topological polar surface area (TPSA) is 51.4 Å². The fraction of sp³-hybridized carbons (Fsp3) is 0.471. The molecule has 3 rings (SSSR count). The van der Waals surface area contributed by atoms with Crippen molar-refractivity contribution in [3.05, 3.63) is 36.0 Å². The number of nitrogens with zero attached hydrogens (tertiary/aromatic N) is 2. The summed E-state index contributed by atoms with van der Waals surface area (Å²) in [5.41, 5.74) is 9.36. The summed E-state index contributed by atoms with van der Waals surface area (Å²) in [7, 11) is 0. The van der Waals surface area contributed by atoms with Crippen molar-refractivity contribution < 1.29 is 4.74 Å². The van der Waals surface area contributed by atoms with E-state index in [2.05, 4.69) is 35.0 Å². The number of hydrogen-bond acceptors (Lipinski definition) is 4. The van der Waals surface area contributed by atoms with Gasteiger partial charge in [-0.2, -0.15) is 0 Å². The van der Waals surface area contributed by atoms with Crippen LogP contribution in [0.2, 0.25) is 0 Å². The summed E-state index contributed by atoms with van der Waals surface area (Å²) in [5, 5.41) is 1.20. The van der Waals surface area contributed by atoms with E-state index in [0.717, 1.165) is 43.6 Å². The van der Waals surface area contributed by atoms with Gasteiger partial charge in [0.15, 0.2) is 0 Å². The number of fused-ring (bicyclic) bond motifs is 1. The van der Waals surface area contributed by atoms with E-state index in [4.69, 9.17) is 10.5 Å². The maximum atomic E-state index is 5.93. The van der Waals surface area contributed by atoms with Gasteiger partial charge >= 0.3 is 0 Å². The van der Waals surface area contributed by atoms with Crippen LogP contribution in [-0.2, 0) is 11.3 Å². The average molecular weight is 285 g/mol. The molecule has 1 aromatic carbocycles. The van der Waals surface area contributed by atoms with Gasteiger partial charge in [0, 0.05) is 43.4 Å². The normalized spacial score (nSPS) is 16.6. The molecule has 0 radical (unpaired) electrons. The standard InChI is InChI=1S/C17H23N3O/c1-2-21-14-7-9-20(10-8-14)17-13(11-18)12-19-16-6-4-3-5-15(16)17/h3-6,12,14H,2,7-11,18H2,1H3. The Bertz CT molecular complexity index is 606. The Hall–Kier alpha value is -1.65. The molecule has 1 saturated heterocycles. The Morgan fingerprint density at radius 2 is 2.05 bits per heavy atom. The van der Waals surface area contributed by atoms with Crippen LogP contribution in [-0.4, -0.2) is 30.8 Å². The second kappa shape index (κ2) is 6.41. The van der Waals surface area contributed by atoms with E-state index < -0.39 is 0 Å². The number of hydrogen-bond donors (Lipinski definition) is 1. The molecular formula is C17H23N3O. The van der Waals surface area contributed by atoms with Crippen LogP contribution in [0.25, 0.3) is 10.9 Å². The van der Waals surface area contributed by atoms with E-state index in [0.29, 0.717) is 12.6 Å². The molecule has 0 saturated carbocycles. The summed E-state index contributed by atoms with van der Waals surface area (Å²) in [6.07, 6.45) is 4.48. The van der Waals surface area contributed by atoms with Crippen molar-refractivity contribution in [1.29, 1.82) is 0 Å². The number of aromatic nitrogens is 1. The first-order valence-corrected chi connectivity index (χ1v) is 7.76. The number of rotatable bonds is 4. The summed E-state index contributed by atoms with van der Waals surface area (Å²) in [6.45, 7) is 5.43. The highest BCUT2D eigenvalue weighted by molar-refractivity contribution is 5.93. The molecule has 21 heavy (non-hydrogen) atoms. The van der Waals surface area contributed by atoms with E-state index in [-0.39, 0.29) is 0 Å². The third-order valence-electron chi connectivity index (χ3n) is 4.20. The molecule has 0 unspecified atom stereocenters. The van der Waals surface area contributed by atoms with Gasteiger partial charge in [-0.25, -0.2) is 0 Å². The molecule has 0 bridgehead atoms. The van der Waals surface area contributed by atoms with E-state index in [1.165, 1.54) is 11.1 Å². The maximum Gasteiger partial charge on any atom is 0.0723 e. The van der Waals surface area contributed by atoms with E-state index in [1.807, 2.05) is 12.3 Å². The molecule has 1 fully saturated rings. The van der Waals surface area contributed by atoms with Crippen molar-refractivity contribution in [2.45, 2.75) is 32.4 Å². The minimum Gasteiger partial charge on any atom is -0.378 e. The van der Waals surface area contributed by atoms with Crippen LogP contribution in [0, 0.1) is 0 Å². The zero-order chi connectivity index (χ0) is 14.7. The minimum absolute atomic E-state index is 0.403. The molecule has 2 N–H and O–H groups in total. The van der Waals surface area contributed by atoms with Crippen LogP contribution in [0.5, 0.6) is 0 Å². The molecule has 112 valence electrons. The molecule has 2 heterocycles. The van der Waals surface area contributed by atoms with Crippen molar-refractivity contribution in [2.24, 2.45) is 5.73 Å². The fourth-order valence-electron chi connectivity index (χ4n) is 3.17. The van der Waals surface area contributed by atoms with Crippen molar-refractivity contribution in [2.75, 3.05) is 24.6 Å². The molecule has 1 aromatic heterocycles. The number of para-hydroxylation sites is 1. The van der Waals surface area contributed by atoms with Gasteiger partial charge in [0.05, 0.1) is 17.3 Å². The van der Waals surface area contributed by atoms with Crippen LogP contribution in [0.3, 0.4) is 0 Å². The molecular weight excluding hydrogens is 262 g/mol. The van der Waals surface area contributed by atoms with Crippen LogP contribution < -0.4 is 10.6 Å². The number of anilines is 1. The number of nitrogens with two attached hydrogens (primary N) is 1. The average Bonchev–Trinajstić information content (AvgIpc) is 2.55. The van der Waals surface area contributed by atoms with Gasteiger partial charge in [0.1, 0.15) is 0 Å². The van der Waals surface area contributed by atoms with Gasteiger partial charge < -0.3 is 15.4 Å². The molecule has 0 aliphatic carbocycles. The predicted octanol–water partition coefficient (Wildman–Crippen LogP) is 2.70. The Morgan fingerprint density at radius 1 is 1.29 bits per heavy atom. The Labute approximate surface area is 125 Å². The second-order valence-corrected chi connectivity index (χ2v) is 5.50. The van der Waals surface area contributed by atoms with Gasteiger partial charge in [0.25, 0.3) is 0 Å². The molecule has 4 heteroatoms. The Kier molecular flexibility index (Phi) is 4.36. The highest BCUT2D eigenvalue weighted by Crippen LogP contribution is 2.31. The highest BCUT2D eigenvalue weighted by atomic mass is 16.5. The highest BCUT2D eigenvalue weighted by Gasteiger charge is 2.22. The molecule has 1 aliphatic rings. The molecule has 0 atom stereocenters. The maximum absolute atomic E-state index is 5.93. The zero-order valence-corrected chi connectivity index (χ0v) is 12.6. The lowest BCUT2D eigenvalue weighted by Gasteiger charge is -2.35. The summed E-state index contributed by atoms with van der Waals surface area (Å²) < 4.78 is 5.75. The largest absolute Gasteiger partial charge is 0.378 e. The molecule has 4 nitrogen and oxygen atoms in total. The van der Waals surface area contributed by atoms with Gasteiger partial charge in [-0.15, -0.1) is 0 Å². The fourth-order valence-corrected chi connectivity index (χ4v) is 3.17. The lowest BCUT2D eigenvalue weighted by Crippen LogP contribution is -2.37. The summed E-state index contributed by atoms with van der Waals surface area (Å²) in [4.78, 5) is 6.97. The monoisotopic (exact) mass is 285 g/mol.